The van der Waals surface area contributed by atoms with Gasteiger partial charge in [0.15, 0.2) is 6.10 Å². The van der Waals surface area contributed by atoms with E-state index in [4.69, 9.17) is 9.47 Å². The highest BCUT2D eigenvalue weighted by atomic mass is 16.5. The van der Waals surface area contributed by atoms with Crippen LogP contribution in [0.15, 0.2) is 42.5 Å². The first kappa shape index (κ1) is 18.8. The minimum atomic E-state index is -0.497. The van der Waals surface area contributed by atoms with Crippen molar-refractivity contribution in [3.8, 4) is 11.5 Å². The molecule has 0 unspecified atom stereocenters. The molecule has 4 nitrogen and oxygen atoms in total. The highest BCUT2D eigenvalue weighted by molar-refractivity contribution is 5.81. The van der Waals surface area contributed by atoms with Gasteiger partial charge in [0, 0.05) is 0 Å². The fourth-order valence-corrected chi connectivity index (χ4v) is 2.42. The Labute approximate surface area is 150 Å². The van der Waals surface area contributed by atoms with Gasteiger partial charge in [-0.1, -0.05) is 31.2 Å². The zero-order valence-electron chi connectivity index (χ0n) is 15.5. The maximum atomic E-state index is 12.3. The van der Waals surface area contributed by atoms with Crippen LogP contribution in [-0.4, -0.2) is 25.2 Å². The molecule has 2 rings (SSSR count). The standard InChI is InChI=1S/C21H27NO3/c1-5-19(25-20-9-7-6-8-16(20)3)21(23)22-12-13-24-18-11-10-15(2)17(4)14-18/h6-11,14,19H,5,12-13H2,1-4H3,(H,22,23)/t19-/m1/s1. The minimum absolute atomic E-state index is 0.116. The molecule has 4 heteroatoms. The number of benzene rings is 2. The summed E-state index contributed by atoms with van der Waals surface area (Å²) >= 11 is 0. The van der Waals surface area contributed by atoms with Crippen molar-refractivity contribution in [3.63, 3.8) is 0 Å². The summed E-state index contributed by atoms with van der Waals surface area (Å²) in [6, 6.07) is 13.7. The highest BCUT2D eigenvalue weighted by Gasteiger charge is 2.18. The summed E-state index contributed by atoms with van der Waals surface area (Å²) < 4.78 is 11.5. The average Bonchev–Trinajstić information content (AvgIpc) is 2.60. The summed E-state index contributed by atoms with van der Waals surface area (Å²) in [4.78, 5) is 12.3. The lowest BCUT2D eigenvalue weighted by atomic mass is 10.1. The number of carbonyl (C=O) groups is 1. The van der Waals surface area contributed by atoms with Crippen LogP contribution in [0.2, 0.25) is 0 Å². The van der Waals surface area contributed by atoms with E-state index in [-0.39, 0.29) is 5.91 Å². The lowest BCUT2D eigenvalue weighted by molar-refractivity contribution is -0.128. The van der Waals surface area contributed by atoms with Gasteiger partial charge < -0.3 is 14.8 Å². The molecule has 0 fully saturated rings. The van der Waals surface area contributed by atoms with Crippen molar-refractivity contribution in [2.24, 2.45) is 0 Å². The summed E-state index contributed by atoms with van der Waals surface area (Å²) in [6.45, 7) is 8.90. The van der Waals surface area contributed by atoms with Crippen LogP contribution in [-0.2, 0) is 4.79 Å². The van der Waals surface area contributed by atoms with Crippen molar-refractivity contribution in [3.05, 3.63) is 59.2 Å². The molecule has 2 aromatic rings. The quantitative estimate of drug-likeness (QED) is 0.739. The maximum Gasteiger partial charge on any atom is 0.261 e. The molecular weight excluding hydrogens is 314 g/mol. The van der Waals surface area contributed by atoms with Gasteiger partial charge in [-0.15, -0.1) is 0 Å². The Hall–Kier alpha value is -2.49. The number of rotatable bonds is 8. The van der Waals surface area contributed by atoms with Crippen molar-refractivity contribution in [2.75, 3.05) is 13.2 Å². The molecule has 1 N–H and O–H groups in total. The first-order valence-corrected chi connectivity index (χ1v) is 8.71. The maximum absolute atomic E-state index is 12.3. The van der Waals surface area contributed by atoms with Crippen LogP contribution in [0.3, 0.4) is 0 Å². The molecule has 1 amide bonds. The Morgan fingerprint density at radius 1 is 1.04 bits per heavy atom. The normalized spacial score (nSPS) is 11.7. The lowest BCUT2D eigenvalue weighted by Crippen LogP contribution is -2.39. The number of ether oxygens (including phenoxy) is 2. The molecule has 0 spiro atoms. The monoisotopic (exact) mass is 341 g/mol. The SMILES string of the molecule is CC[C@@H](Oc1ccccc1C)C(=O)NCCOc1ccc(C)c(C)c1. The number of nitrogens with one attached hydrogen (secondary N) is 1. The lowest BCUT2D eigenvalue weighted by Gasteiger charge is -2.18. The van der Waals surface area contributed by atoms with Gasteiger partial charge in [0.2, 0.25) is 0 Å². The fraction of sp³-hybridized carbons (Fsp3) is 0.381. The smallest absolute Gasteiger partial charge is 0.261 e. The molecule has 0 aromatic heterocycles. The van der Waals surface area contributed by atoms with Crippen molar-refractivity contribution >= 4 is 5.91 Å². The second kappa shape index (κ2) is 9.11. The van der Waals surface area contributed by atoms with Crippen LogP contribution in [0.1, 0.15) is 30.0 Å². The predicted molar refractivity (Wildman–Crippen MR) is 100 cm³/mol. The summed E-state index contributed by atoms with van der Waals surface area (Å²) in [5.41, 5.74) is 3.45. The Morgan fingerprint density at radius 3 is 2.48 bits per heavy atom. The third-order valence-corrected chi connectivity index (χ3v) is 4.17. The number of hydrogen-bond acceptors (Lipinski definition) is 3. The van der Waals surface area contributed by atoms with Gasteiger partial charge in [-0.05, 0) is 62.1 Å². The molecule has 1 atom stereocenters. The van der Waals surface area contributed by atoms with Crippen LogP contribution in [0.5, 0.6) is 11.5 Å². The molecular formula is C21H27NO3. The van der Waals surface area contributed by atoms with E-state index < -0.39 is 6.10 Å². The number of para-hydroxylation sites is 1. The molecule has 0 bridgehead atoms. The molecule has 25 heavy (non-hydrogen) atoms. The second-order valence-corrected chi connectivity index (χ2v) is 6.17. The number of amides is 1. The largest absolute Gasteiger partial charge is 0.492 e. The molecule has 0 saturated carbocycles. The minimum Gasteiger partial charge on any atom is -0.492 e. The first-order valence-electron chi connectivity index (χ1n) is 8.71. The van der Waals surface area contributed by atoms with Crippen molar-refractivity contribution in [1.82, 2.24) is 5.32 Å². The summed E-state index contributed by atoms with van der Waals surface area (Å²) in [5, 5.41) is 2.88. The van der Waals surface area contributed by atoms with Gasteiger partial charge >= 0.3 is 0 Å². The Kier molecular flexibility index (Phi) is 6.87. The van der Waals surface area contributed by atoms with Gasteiger partial charge in [-0.25, -0.2) is 0 Å². The number of aryl methyl sites for hydroxylation is 3. The second-order valence-electron chi connectivity index (χ2n) is 6.17. The highest BCUT2D eigenvalue weighted by Crippen LogP contribution is 2.19. The zero-order valence-corrected chi connectivity index (χ0v) is 15.5. The fourth-order valence-electron chi connectivity index (χ4n) is 2.42. The van der Waals surface area contributed by atoms with Gasteiger partial charge in [-0.2, -0.15) is 0 Å². The first-order chi connectivity index (χ1) is 12.0. The van der Waals surface area contributed by atoms with E-state index in [1.165, 1.54) is 11.1 Å². The molecule has 0 saturated heterocycles. The Bertz CT molecular complexity index is 712. The van der Waals surface area contributed by atoms with E-state index >= 15 is 0 Å². The van der Waals surface area contributed by atoms with Crippen LogP contribution in [0.25, 0.3) is 0 Å². The van der Waals surface area contributed by atoms with E-state index in [2.05, 4.69) is 19.2 Å². The van der Waals surface area contributed by atoms with E-state index in [1.807, 2.05) is 56.3 Å². The summed E-state index contributed by atoms with van der Waals surface area (Å²) in [7, 11) is 0. The van der Waals surface area contributed by atoms with Crippen molar-refractivity contribution < 1.29 is 14.3 Å². The molecule has 0 heterocycles. The molecule has 0 aliphatic heterocycles. The molecule has 134 valence electrons. The number of carbonyl (C=O) groups excluding carboxylic acids is 1. The third kappa shape index (κ3) is 5.52. The van der Waals surface area contributed by atoms with Crippen LogP contribution < -0.4 is 14.8 Å². The van der Waals surface area contributed by atoms with Crippen LogP contribution in [0.4, 0.5) is 0 Å². The van der Waals surface area contributed by atoms with E-state index in [1.54, 1.807) is 0 Å². The third-order valence-electron chi connectivity index (χ3n) is 4.17. The Morgan fingerprint density at radius 2 is 1.80 bits per heavy atom. The topological polar surface area (TPSA) is 47.6 Å². The number of hydrogen-bond donors (Lipinski definition) is 1. The van der Waals surface area contributed by atoms with E-state index in [9.17, 15) is 4.79 Å². The molecule has 0 aliphatic carbocycles. The average molecular weight is 341 g/mol. The van der Waals surface area contributed by atoms with Crippen LogP contribution in [0, 0.1) is 20.8 Å². The van der Waals surface area contributed by atoms with Crippen molar-refractivity contribution in [2.45, 2.75) is 40.2 Å². The molecule has 0 radical (unpaired) electrons. The summed E-state index contributed by atoms with van der Waals surface area (Å²) in [5.74, 6) is 1.45. The summed E-state index contributed by atoms with van der Waals surface area (Å²) in [6.07, 6.45) is 0.112. The van der Waals surface area contributed by atoms with Gasteiger partial charge in [0.1, 0.15) is 18.1 Å². The van der Waals surface area contributed by atoms with Crippen molar-refractivity contribution in [1.29, 1.82) is 0 Å². The van der Waals surface area contributed by atoms with Gasteiger partial charge in [0.25, 0.3) is 5.91 Å². The van der Waals surface area contributed by atoms with E-state index in [0.717, 1.165) is 17.1 Å². The molecule has 2 aromatic carbocycles. The Balaban J connectivity index is 1.79. The predicted octanol–water partition coefficient (Wildman–Crippen LogP) is 3.96. The zero-order chi connectivity index (χ0) is 18.2. The van der Waals surface area contributed by atoms with Gasteiger partial charge in [0.05, 0.1) is 6.54 Å². The molecule has 0 aliphatic rings. The van der Waals surface area contributed by atoms with Crippen LogP contribution >= 0.6 is 0 Å². The van der Waals surface area contributed by atoms with E-state index in [0.29, 0.717) is 19.6 Å². The van der Waals surface area contributed by atoms with Gasteiger partial charge in [-0.3, -0.25) is 4.79 Å².